The lowest BCUT2D eigenvalue weighted by molar-refractivity contribution is 0.0604. The SMILES string of the molecule is CN[C@H]1CC[C@H](N(Cc2cc(-c3cncc(F)c3)ccc2OC)C(=O)c2sc3cccc(F)c3c2Cl)CC1. The van der Waals surface area contributed by atoms with E-state index in [1.54, 1.807) is 25.4 Å². The summed E-state index contributed by atoms with van der Waals surface area (Å²) in [6, 6.07) is 12.1. The zero-order chi connectivity index (χ0) is 26.8. The largest absolute Gasteiger partial charge is 0.496 e. The van der Waals surface area contributed by atoms with Crippen molar-refractivity contribution in [2.75, 3.05) is 14.2 Å². The number of nitrogens with one attached hydrogen (secondary N) is 1. The number of thiophene rings is 1. The van der Waals surface area contributed by atoms with Gasteiger partial charge in [-0.15, -0.1) is 11.3 Å². The highest BCUT2D eigenvalue weighted by molar-refractivity contribution is 7.21. The predicted molar refractivity (Wildman–Crippen MR) is 148 cm³/mol. The van der Waals surface area contributed by atoms with Gasteiger partial charge in [-0.3, -0.25) is 9.78 Å². The summed E-state index contributed by atoms with van der Waals surface area (Å²) in [5.74, 6) is -0.483. The van der Waals surface area contributed by atoms with Crippen molar-refractivity contribution in [3.8, 4) is 16.9 Å². The highest BCUT2D eigenvalue weighted by atomic mass is 35.5. The van der Waals surface area contributed by atoms with E-state index in [1.165, 1.54) is 23.5 Å². The lowest BCUT2D eigenvalue weighted by atomic mass is 9.89. The van der Waals surface area contributed by atoms with Crippen LogP contribution >= 0.6 is 22.9 Å². The van der Waals surface area contributed by atoms with Crippen molar-refractivity contribution in [2.24, 2.45) is 0 Å². The van der Waals surface area contributed by atoms with Crippen LogP contribution in [0.5, 0.6) is 5.75 Å². The normalized spacial score (nSPS) is 17.5. The van der Waals surface area contributed by atoms with E-state index in [1.807, 2.05) is 30.1 Å². The molecule has 0 bridgehead atoms. The molecule has 1 amide bonds. The molecule has 5 nitrogen and oxygen atoms in total. The third kappa shape index (κ3) is 5.25. The summed E-state index contributed by atoms with van der Waals surface area (Å²) in [5.41, 5.74) is 2.17. The van der Waals surface area contributed by atoms with Crippen LogP contribution in [-0.4, -0.2) is 42.0 Å². The number of hydrogen-bond acceptors (Lipinski definition) is 5. The van der Waals surface area contributed by atoms with Crippen LogP contribution in [0.4, 0.5) is 8.78 Å². The molecule has 0 atom stereocenters. The van der Waals surface area contributed by atoms with Gasteiger partial charge in [0.2, 0.25) is 0 Å². The molecule has 1 aliphatic carbocycles. The maximum absolute atomic E-state index is 14.6. The van der Waals surface area contributed by atoms with Gasteiger partial charge in [0.1, 0.15) is 22.3 Å². The van der Waals surface area contributed by atoms with E-state index in [4.69, 9.17) is 16.3 Å². The standard InChI is InChI=1S/C29H28ClF2N3O2S/c1-33-21-7-9-22(10-8-21)35(29(36)28-27(30)26-23(32)4-3-5-25(26)38-28)16-19-12-17(6-11-24(19)37-2)18-13-20(31)15-34-14-18/h3-6,11-15,21-22,33H,7-10,16H2,1-2H3/t21-,22-. The fourth-order valence-corrected chi connectivity index (χ4v) is 6.73. The minimum atomic E-state index is -0.443. The number of amides is 1. The van der Waals surface area contributed by atoms with Crippen molar-refractivity contribution in [3.05, 3.63) is 82.0 Å². The molecule has 9 heteroatoms. The Morgan fingerprint density at radius 2 is 1.92 bits per heavy atom. The Morgan fingerprint density at radius 1 is 1.13 bits per heavy atom. The van der Waals surface area contributed by atoms with E-state index in [-0.39, 0.29) is 28.9 Å². The first-order valence-electron chi connectivity index (χ1n) is 12.5. The second-order valence-corrected chi connectivity index (χ2v) is 10.9. The fraction of sp³-hybridized carbons (Fsp3) is 0.310. The van der Waals surface area contributed by atoms with Crippen molar-refractivity contribution in [1.82, 2.24) is 15.2 Å². The molecule has 5 rings (SSSR count). The van der Waals surface area contributed by atoms with Gasteiger partial charge in [0.05, 0.1) is 18.3 Å². The maximum atomic E-state index is 14.6. The molecular weight excluding hydrogens is 528 g/mol. The van der Waals surface area contributed by atoms with Crippen LogP contribution in [0.3, 0.4) is 0 Å². The molecule has 38 heavy (non-hydrogen) atoms. The van der Waals surface area contributed by atoms with Gasteiger partial charge >= 0.3 is 0 Å². The molecule has 1 saturated carbocycles. The number of halogens is 3. The molecule has 1 aliphatic rings. The van der Waals surface area contributed by atoms with E-state index in [9.17, 15) is 13.6 Å². The lowest BCUT2D eigenvalue weighted by Crippen LogP contribution is -2.44. The van der Waals surface area contributed by atoms with E-state index >= 15 is 0 Å². The van der Waals surface area contributed by atoms with Crippen molar-refractivity contribution < 1.29 is 18.3 Å². The number of nitrogens with zero attached hydrogens (tertiary/aromatic N) is 2. The lowest BCUT2D eigenvalue weighted by Gasteiger charge is -2.37. The monoisotopic (exact) mass is 555 g/mol. The second-order valence-electron chi connectivity index (χ2n) is 9.50. The van der Waals surface area contributed by atoms with E-state index in [0.29, 0.717) is 26.9 Å². The molecule has 1 fully saturated rings. The van der Waals surface area contributed by atoms with Crippen LogP contribution in [-0.2, 0) is 6.54 Å². The van der Waals surface area contributed by atoms with Gasteiger partial charge in [-0.2, -0.15) is 0 Å². The van der Waals surface area contributed by atoms with Gasteiger partial charge in [0.15, 0.2) is 0 Å². The van der Waals surface area contributed by atoms with Crippen LogP contribution in [0.25, 0.3) is 21.2 Å². The average Bonchev–Trinajstić information content (AvgIpc) is 3.28. The number of pyridine rings is 1. The van der Waals surface area contributed by atoms with Crippen LogP contribution in [0.2, 0.25) is 5.02 Å². The maximum Gasteiger partial charge on any atom is 0.266 e. The third-order valence-electron chi connectivity index (χ3n) is 7.27. The Labute approximate surface area is 229 Å². The average molecular weight is 556 g/mol. The Morgan fingerprint density at radius 3 is 2.61 bits per heavy atom. The quantitative estimate of drug-likeness (QED) is 0.265. The minimum Gasteiger partial charge on any atom is -0.496 e. The number of carbonyl (C=O) groups excluding carboxylic acids is 1. The fourth-order valence-electron chi connectivity index (χ4n) is 5.22. The number of benzene rings is 2. The molecule has 0 unspecified atom stereocenters. The highest BCUT2D eigenvalue weighted by Gasteiger charge is 2.32. The Hall–Kier alpha value is -3.07. The van der Waals surface area contributed by atoms with Crippen LogP contribution in [0.1, 0.15) is 40.9 Å². The summed E-state index contributed by atoms with van der Waals surface area (Å²) < 4.78 is 34.7. The van der Waals surface area contributed by atoms with Crippen molar-refractivity contribution in [3.63, 3.8) is 0 Å². The topological polar surface area (TPSA) is 54.5 Å². The first-order valence-corrected chi connectivity index (χ1v) is 13.7. The molecule has 0 spiro atoms. The van der Waals surface area contributed by atoms with Crippen molar-refractivity contribution in [1.29, 1.82) is 0 Å². The first kappa shape index (κ1) is 26.5. The number of methoxy groups -OCH3 is 1. The number of hydrogen-bond donors (Lipinski definition) is 1. The third-order valence-corrected chi connectivity index (χ3v) is 8.90. The minimum absolute atomic E-state index is 0.0255. The van der Waals surface area contributed by atoms with Gasteiger partial charge in [-0.05, 0) is 68.6 Å². The molecule has 1 N–H and O–H groups in total. The Balaban J connectivity index is 1.55. The number of aromatic nitrogens is 1. The van der Waals surface area contributed by atoms with Crippen LogP contribution in [0, 0.1) is 11.6 Å². The number of fused-ring (bicyclic) bond motifs is 1. The molecule has 198 valence electrons. The molecule has 4 aromatic rings. The molecule has 0 saturated heterocycles. The molecule has 0 radical (unpaired) electrons. The smallest absolute Gasteiger partial charge is 0.266 e. The molecule has 2 aromatic carbocycles. The summed E-state index contributed by atoms with van der Waals surface area (Å²) in [6.07, 6.45) is 6.28. The highest BCUT2D eigenvalue weighted by Crippen LogP contribution is 2.39. The van der Waals surface area contributed by atoms with Gasteiger partial charge in [-0.1, -0.05) is 23.7 Å². The Bertz CT molecular complexity index is 1470. The summed E-state index contributed by atoms with van der Waals surface area (Å²) in [6.45, 7) is 0.264. The second kappa shape index (κ2) is 11.4. The molecule has 0 aliphatic heterocycles. The summed E-state index contributed by atoms with van der Waals surface area (Å²) in [7, 11) is 3.54. The van der Waals surface area contributed by atoms with E-state index in [0.717, 1.165) is 43.0 Å². The predicted octanol–water partition coefficient (Wildman–Crippen LogP) is 7.08. The first-order chi connectivity index (χ1) is 18.4. The van der Waals surface area contributed by atoms with Gasteiger partial charge in [0.25, 0.3) is 5.91 Å². The molecular formula is C29H28ClF2N3O2S. The molecule has 2 heterocycles. The van der Waals surface area contributed by atoms with Crippen LogP contribution in [0.15, 0.2) is 54.9 Å². The van der Waals surface area contributed by atoms with Crippen molar-refractivity contribution >= 4 is 38.9 Å². The number of rotatable bonds is 7. The van der Waals surface area contributed by atoms with Gasteiger partial charge in [-0.25, -0.2) is 8.78 Å². The van der Waals surface area contributed by atoms with Gasteiger partial charge in [0, 0.05) is 46.0 Å². The van der Waals surface area contributed by atoms with Gasteiger partial charge < -0.3 is 15.0 Å². The Kier molecular flexibility index (Phi) is 7.93. The summed E-state index contributed by atoms with van der Waals surface area (Å²) in [5, 5.41) is 3.76. The number of carbonyl (C=O) groups is 1. The van der Waals surface area contributed by atoms with Crippen molar-refractivity contribution in [2.45, 2.75) is 44.3 Å². The van der Waals surface area contributed by atoms with E-state index < -0.39 is 11.6 Å². The molecule has 2 aromatic heterocycles. The van der Waals surface area contributed by atoms with E-state index in [2.05, 4.69) is 10.3 Å². The van der Waals surface area contributed by atoms with Crippen LogP contribution < -0.4 is 10.1 Å². The number of ether oxygens (including phenoxy) is 1. The summed E-state index contributed by atoms with van der Waals surface area (Å²) >= 11 is 7.82. The summed E-state index contributed by atoms with van der Waals surface area (Å²) in [4.78, 5) is 20.2. The zero-order valence-electron chi connectivity index (χ0n) is 21.1. The zero-order valence-corrected chi connectivity index (χ0v) is 22.7.